The van der Waals surface area contributed by atoms with E-state index in [-0.39, 0.29) is 4.90 Å². The minimum atomic E-state index is -4.23. The van der Waals surface area contributed by atoms with Crippen molar-refractivity contribution in [2.24, 2.45) is 0 Å². The average molecular weight is 325 g/mol. The van der Waals surface area contributed by atoms with E-state index in [1.54, 1.807) is 6.07 Å². The molecular weight excluding hydrogens is 307 g/mol. The number of rotatable bonds is 7. The summed E-state index contributed by atoms with van der Waals surface area (Å²) in [6.07, 6.45) is 2.47. The summed E-state index contributed by atoms with van der Waals surface area (Å²) in [4.78, 5) is 0.0216. The molecule has 0 heterocycles. The van der Waals surface area contributed by atoms with Gasteiger partial charge in [-0.3, -0.25) is 4.55 Å². The van der Waals surface area contributed by atoms with Crippen molar-refractivity contribution in [3.05, 3.63) is 28.8 Å². The summed E-state index contributed by atoms with van der Waals surface area (Å²) in [5, 5.41) is 0. The Labute approximate surface area is 124 Å². The summed E-state index contributed by atoms with van der Waals surface area (Å²) >= 11 is 11.4. The first-order valence-corrected chi connectivity index (χ1v) is 8.69. The molecule has 1 N–H and O–H groups in total. The second kappa shape index (κ2) is 7.48. The zero-order valence-electron chi connectivity index (χ0n) is 10.8. The molecule has 0 aliphatic heterocycles. The predicted octanol–water partition coefficient (Wildman–Crippen LogP) is 3.45. The molecule has 19 heavy (non-hydrogen) atoms. The SMILES string of the molecule is CCCc1cc(CCCl)cc(CCCl)c1S(=O)(=O)O. The van der Waals surface area contributed by atoms with Crippen LogP contribution in [0.15, 0.2) is 17.0 Å². The summed E-state index contributed by atoms with van der Waals surface area (Å²) in [6.45, 7) is 1.96. The standard InChI is InChI=1S/C13H18Cl2O3S/c1-2-3-11-8-10(4-6-14)9-12(5-7-15)13(11)19(16,17)18/h8-9H,2-7H2,1H3,(H,16,17,18). The minimum Gasteiger partial charge on any atom is -0.282 e. The maximum Gasteiger partial charge on any atom is 0.295 e. The molecule has 0 saturated heterocycles. The van der Waals surface area contributed by atoms with Crippen molar-refractivity contribution in [3.8, 4) is 0 Å². The average Bonchev–Trinajstić information content (AvgIpc) is 2.28. The molecule has 0 atom stereocenters. The van der Waals surface area contributed by atoms with E-state index in [1.807, 2.05) is 13.0 Å². The van der Waals surface area contributed by atoms with Crippen LogP contribution in [0.2, 0.25) is 0 Å². The van der Waals surface area contributed by atoms with Crippen molar-refractivity contribution in [2.75, 3.05) is 11.8 Å². The third-order valence-corrected chi connectivity index (χ3v) is 4.25. The minimum absolute atomic E-state index is 0.0216. The summed E-state index contributed by atoms with van der Waals surface area (Å²) in [5.74, 6) is 0.773. The summed E-state index contributed by atoms with van der Waals surface area (Å²) in [5.41, 5.74) is 2.20. The van der Waals surface area contributed by atoms with Crippen molar-refractivity contribution in [2.45, 2.75) is 37.5 Å². The van der Waals surface area contributed by atoms with Crippen molar-refractivity contribution in [1.29, 1.82) is 0 Å². The number of hydrogen-bond donors (Lipinski definition) is 1. The molecule has 0 aliphatic carbocycles. The van der Waals surface area contributed by atoms with Crippen LogP contribution in [-0.4, -0.2) is 24.7 Å². The van der Waals surface area contributed by atoms with Crippen LogP contribution >= 0.6 is 23.2 Å². The quantitative estimate of drug-likeness (QED) is 0.617. The summed E-state index contributed by atoms with van der Waals surface area (Å²) in [7, 11) is -4.23. The van der Waals surface area contributed by atoms with Gasteiger partial charge in [0.15, 0.2) is 0 Å². The Kier molecular flexibility index (Phi) is 6.60. The highest BCUT2D eigenvalue weighted by molar-refractivity contribution is 7.86. The van der Waals surface area contributed by atoms with E-state index in [1.165, 1.54) is 0 Å². The maximum absolute atomic E-state index is 11.6. The van der Waals surface area contributed by atoms with E-state index in [4.69, 9.17) is 23.2 Å². The van der Waals surface area contributed by atoms with E-state index < -0.39 is 10.1 Å². The zero-order chi connectivity index (χ0) is 14.5. The lowest BCUT2D eigenvalue weighted by Gasteiger charge is -2.14. The van der Waals surface area contributed by atoms with Gasteiger partial charge in [0.1, 0.15) is 4.90 Å². The second-order valence-electron chi connectivity index (χ2n) is 4.35. The highest BCUT2D eigenvalue weighted by Gasteiger charge is 2.20. The van der Waals surface area contributed by atoms with E-state index >= 15 is 0 Å². The van der Waals surface area contributed by atoms with E-state index in [2.05, 4.69) is 0 Å². The molecule has 0 amide bonds. The molecule has 0 bridgehead atoms. The lowest BCUT2D eigenvalue weighted by molar-refractivity contribution is 0.481. The Hall–Kier alpha value is -0.290. The number of benzene rings is 1. The van der Waals surface area contributed by atoms with Gasteiger partial charge in [0.2, 0.25) is 0 Å². The van der Waals surface area contributed by atoms with E-state index in [9.17, 15) is 13.0 Å². The van der Waals surface area contributed by atoms with Crippen LogP contribution in [0, 0.1) is 0 Å². The first-order valence-electron chi connectivity index (χ1n) is 6.18. The predicted molar refractivity (Wildman–Crippen MR) is 79.1 cm³/mol. The first-order chi connectivity index (χ1) is 8.93. The molecule has 108 valence electrons. The fraction of sp³-hybridized carbons (Fsp3) is 0.538. The smallest absolute Gasteiger partial charge is 0.282 e. The fourth-order valence-corrected chi connectivity index (χ4v) is 3.56. The molecular formula is C13H18Cl2O3S. The third kappa shape index (κ3) is 4.63. The molecule has 6 heteroatoms. The van der Waals surface area contributed by atoms with Gasteiger partial charge >= 0.3 is 0 Å². The topological polar surface area (TPSA) is 54.4 Å². The molecule has 0 spiro atoms. The van der Waals surface area contributed by atoms with Gasteiger partial charge in [-0.15, -0.1) is 23.2 Å². The lowest BCUT2D eigenvalue weighted by atomic mass is 9.99. The van der Waals surface area contributed by atoms with Gasteiger partial charge in [-0.05, 0) is 36.0 Å². The highest BCUT2D eigenvalue weighted by Crippen LogP contribution is 2.25. The van der Waals surface area contributed by atoms with Gasteiger partial charge in [-0.2, -0.15) is 8.42 Å². The zero-order valence-corrected chi connectivity index (χ0v) is 13.2. The first kappa shape index (κ1) is 16.8. The van der Waals surface area contributed by atoms with Gasteiger partial charge in [-0.25, -0.2) is 0 Å². The van der Waals surface area contributed by atoms with Gasteiger partial charge in [0.25, 0.3) is 10.1 Å². The molecule has 0 aromatic heterocycles. The lowest BCUT2D eigenvalue weighted by Crippen LogP contribution is -2.10. The van der Waals surface area contributed by atoms with Gasteiger partial charge in [0.05, 0.1) is 0 Å². The summed E-state index contributed by atoms with van der Waals surface area (Å²) < 4.78 is 32.6. The highest BCUT2D eigenvalue weighted by atomic mass is 35.5. The number of hydrogen-bond acceptors (Lipinski definition) is 2. The van der Waals surface area contributed by atoms with Crippen molar-refractivity contribution in [1.82, 2.24) is 0 Å². The van der Waals surface area contributed by atoms with Crippen LogP contribution in [-0.2, 0) is 29.4 Å². The molecule has 1 aromatic carbocycles. The van der Waals surface area contributed by atoms with Crippen molar-refractivity contribution >= 4 is 33.3 Å². The van der Waals surface area contributed by atoms with E-state index in [0.717, 1.165) is 12.0 Å². The van der Waals surface area contributed by atoms with Gasteiger partial charge in [0, 0.05) is 11.8 Å². The third-order valence-electron chi connectivity index (χ3n) is 2.83. The summed E-state index contributed by atoms with van der Waals surface area (Å²) in [6, 6.07) is 3.58. The molecule has 0 unspecified atom stereocenters. The monoisotopic (exact) mass is 324 g/mol. The van der Waals surface area contributed by atoms with E-state index in [0.29, 0.717) is 42.1 Å². The van der Waals surface area contributed by atoms with Crippen molar-refractivity contribution in [3.63, 3.8) is 0 Å². The molecule has 0 fully saturated rings. The Morgan fingerprint density at radius 1 is 1.05 bits per heavy atom. The van der Waals surface area contributed by atoms with Crippen molar-refractivity contribution < 1.29 is 13.0 Å². The Balaban J connectivity index is 3.46. The van der Waals surface area contributed by atoms with Gasteiger partial charge < -0.3 is 0 Å². The molecule has 0 radical (unpaired) electrons. The molecule has 3 nitrogen and oxygen atoms in total. The molecule has 1 aromatic rings. The van der Waals surface area contributed by atoms with Crippen LogP contribution in [0.5, 0.6) is 0 Å². The largest absolute Gasteiger partial charge is 0.295 e. The van der Waals surface area contributed by atoms with Crippen LogP contribution < -0.4 is 0 Å². The van der Waals surface area contributed by atoms with Crippen LogP contribution in [0.1, 0.15) is 30.0 Å². The number of alkyl halides is 2. The normalized spacial score (nSPS) is 11.8. The van der Waals surface area contributed by atoms with Gasteiger partial charge in [-0.1, -0.05) is 25.5 Å². The molecule has 1 rings (SSSR count). The molecule has 0 saturated carbocycles. The Bertz CT molecular complexity index is 500. The van der Waals surface area contributed by atoms with Crippen LogP contribution in [0.3, 0.4) is 0 Å². The van der Waals surface area contributed by atoms with Crippen LogP contribution in [0.4, 0.5) is 0 Å². The Morgan fingerprint density at radius 2 is 1.58 bits per heavy atom. The molecule has 0 aliphatic rings. The maximum atomic E-state index is 11.6. The second-order valence-corrected chi connectivity index (χ2v) is 6.46. The number of halogens is 2. The van der Waals surface area contributed by atoms with Crippen LogP contribution in [0.25, 0.3) is 0 Å². The number of aryl methyl sites for hydroxylation is 3. The Morgan fingerprint density at radius 3 is 2.00 bits per heavy atom. The fourth-order valence-electron chi connectivity index (χ4n) is 2.15.